The number of halogens is 3. The third kappa shape index (κ3) is 3.60. The van der Waals surface area contributed by atoms with Crippen molar-refractivity contribution in [1.29, 1.82) is 0 Å². The molecule has 1 atom stereocenters. The molecule has 0 saturated carbocycles. The summed E-state index contributed by atoms with van der Waals surface area (Å²) in [7, 11) is 0. The zero-order valence-electron chi connectivity index (χ0n) is 13.9. The first-order valence-electron chi connectivity index (χ1n) is 8.09. The number of rotatable bonds is 3. The van der Waals surface area contributed by atoms with Gasteiger partial charge in [0, 0.05) is 10.4 Å². The number of primary amides is 1. The Hall–Kier alpha value is -2.35. The van der Waals surface area contributed by atoms with Crippen LogP contribution in [0.5, 0.6) is 0 Å². The van der Waals surface area contributed by atoms with Crippen molar-refractivity contribution in [3.05, 3.63) is 51.4 Å². The molecule has 1 heterocycles. The minimum Gasteiger partial charge on any atom is -0.365 e. The fourth-order valence-corrected chi connectivity index (χ4v) is 4.52. The van der Waals surface area contributed by atoms with E-state index in [2.05, 4.69) is 12.2 Å². The van der Waals surface area contributed by atoms with Crippen molar-refractivity contribution < 1.29 is 22.8 Å². The van der Waals surface area contributed by atoms with Crippen molar-refractivity contribution >= 4 is 28.2 Å². The molecule has 0 saturated heterocycles. The second-order valence-corrected chi connectivity index (χ2v) is 7.56. The third-order valence-electron chi connectivity index (χ3n) is 4.44. The lowest BCUT2D eigenvalue weighted by molar-refractivity contribution is -0.137. The molecular weight excluding hydrogens is 365 g/mol. The van der Waals surface area contributed by atoms with Crippen molar-refractivity contribution in [2.75, 3.05) is 5.32 Å². The van der Waals surface area contributed by atoms with Crippen LogP contribution in [0.1, 0.15) is 50.1 Å². The topological polar surface area (TPSA) is 72.2 Å². The maximum atomic E-state index is 12.8. The van der Waals surface area contributed by atoms with Crippen molar-refractivity contribution in [2.24, 2.45) is 11.7 Å². The van der Waals surface area contributed by atoms with E-state index in [0.29, 0.717) is 17.3 Å². The van der Waals surface area contributed by atoms with Gasteiger partial charge in [-0.1, -0.05) is 13.0 Å². The smallest absolute Gasteiger partial charge is 0.365 e. The van der Waals surface area contributed by atoms with Crippen LogP contribution < -0.4 is 11.1 Å². The number of thiophene rings is 1. The van der Waals surface area contributed by atoms with Gasteiger partial charge in [0.15, 0.2) is 0 Å². The molecule has 4 nitrogen and oxygen atoms in total. The second kappa shape index (κ2) is 6.75. The lowest BCUT2D eigenvalue weighted by Crippen LogP contribution is -2.19. The maximum Gasteiger partial charge on any atom is 0.416 e. The van der Waals surface area contributed by atoms with E-state index in [4.69, 9.17) is 5.73 Å². The molecule has 0 spiro atoms. The highest BCUT2D eigenvalue weighted by molar-refractivity contribution is 7.17. The Bertz CT molecular complexity index is 874. The van der Waals surface area contributed by atoms with Crippen LogP contribution in [0.2, 0.25) is 0 Å². The summed E-state index contributed by atoms with van der Waals surface area (Å²) in [5.41, 5.74) is 5.57. The quantitative estimate of drug-likeness (QED) is 0.833. The SMILES string of the molecule is C[C@H]1CCc2c(sc(NC(=O)c3cccc(C(F)(F)F)c3)c2C(N)=O)C1. The van der Waals surface area contributed by atoms with Gasteiger partial charge in [-0.3, -0.25) is 9.59 Å². The number of amides is 2. The van der Waals surface area contributed by atoms with E-state index in [0.717, 1.165) is 35.4 Å². The van der Waals surface area contributed by atoms with Crippen molar-refractivity contribution in [2.45, 2.75) is 32.4 Å². The summed E-state index contributed by atoms with van der Waals surface area (Å²) < 4.78 is 38.5. The number of benzene rings is 1. The molecule has 8 heteroatoms. The maximum absolute atomic E-state index is 12.8. The summed E-state index contributed by atoms with van der Waals surface area (Å²) in [5, 5.41) is 2.87. The molecule has 0 bridgehead atoms. The average molecular weight is 382 g/mol. The molecule has 0 radical (unpaired) electrons. The van der Waals surface area contributed by atoms with Crippen LogP contribution >= 0.6 is 11.3 Å². The summed E-state index contributed by atoms with van der Waals surface area (Å²) >= 11 is 1.27. The van der Waals surface area contributed by atoms with E-state index in [1.807, 2.05) is 0 Å². The van der Waals surface area contributed by atoms with E-state index >= 15 is 0 Å². The fraction of sp³-hybridized carbons (Fsp3) is 0.333. The zero-order chi connectivity index (χ0) is 19.1. The predicted molar refractivity (Wildman–Crippen MR) is 93.4 cm³/mol. The first-order chi connectivity index (χ1) is 12.2. The Morgan fingerprint density at radius 3 is 2.69 bits per heavy atom. The molecule has 3 N–H and O–H groups in total. The minimum atomic E-state index is -4.53. The van der Waals surface area contributed by atoms with E-state index in [9.17, 15) is 22.8 Å². The molecule has 1 aliphatic carbocycles. The number of nitrogens with two attached hydrogens (primary N) is 1. The molecule has 138 valence electrons. The normalized spacial score (nSPS) is 16.8. The van der Waals surface area contributed by atoms with Crippen LogP contribution in [0, 0.1) is 5.92 Å². The number of alkyl halides is 3. The Kier molecular flexibility index (Phi) is 4.79. The number of hydrogen-bond donors (Lipinski definition) is 2. The Morgan fingerprint density at radius 1 is 1.31 bits per heavy atom. The molecule has 2 amide bonds. The van der Waals surface area contributed by atoms with Gasteiger partial charge in [-0.25, -0.2) is 0 Å². The number of anilines is 1. The zero-order valence-corrected chi connectivity index (χ0v) is 14.8. The molecule has 1 aromatic carbocycles. The monoisotopic (exact) mass is 382 g/mol. The molecule has 0 unspecified atom stereocenters. The number of carbonyl (C=O) groups is 2. The second-order valence-electron chi connectivity index (χ2n) is 6.45. The van der Waals surface area contributed by atoms with Crippen molar-refractivity contribution in [3.8, 4) is 0 Å². The predicted octanol–water partition coefficient (Wildman–Crippen LogP) is 4.24. The number of nitrogens with one attached hydrogen (secondary N) is 1. The van der Waals surface area contributed by atoms with Gasteiger partial charge in [0.25, 0.3) is 11.8 Å². The van der Waals surface area contributed by atoms with Gasteiger partial charge in [-0.2, -0.15) is 13.2 Å². The summed E-state index contributed by atoms with van der Waals surface area (Å²) in [6.45, 7) is 2.10. The van der Waals surface area contributed by atoms with Gasteiger partial charge in [0.1, 0.15) is 5.00 Å². The lowest BCUT2D eigenvalue weighted by Gasteiger charge is -2.18. The van der Waals surface area contributed by atoms with Gasteiger partial charge < -0.3 is 11.1 Å². The van der Waals surface area contributed by atoms with Crippen LogP contribution in [0.15, 0.2) is 24.3 Å². The summed E-state index contributed by atoms with van der Waals surface area (Å²) in [6.07, 6.45) is -2.12. The standard InChI is InChI=1S/C18H17F3N2O2S/c1-9-5-6-12-13(7-9)26-17(14(12)15(22)24)23-16(25)10-3-2-4-11(8-10)18(19,20)21/h2-4,8-9H,5-7H2,1H3,(H2,22,24)(H,23,25)/t9-/m0/s1. The van der Waals surface area contributed by atoms with E-state index in [1.165, 1.54) is 23.5 Å². The third-order valence-corrected chi connectivity index (χ3v) is 5.61. The largest absolute Gasteiger partial charge is 0.416 e. The van der Waals surface area contributed by atoms with Crippen LogP contribution in [0.4, 0.5) is 18.2 Å². The number of fused-ring (bicyclic) bond motifs is 1. The molecule has 2 aromatic rings. The summed E-state index contributed by atoms with van der Waals surface area (Å²) in [6, 6.07) is 4.16. The molecule has 1 aromatic heterocycles. The van der Waals surface area contributed by atoms with E-state index < -0.39 is 23.6 Å². The average Bonchev–Trinajstić information content (AvgIpc) is 2.91. The van der Waals surface area contributed by atoms with Gasteiger partial charge in [0.2, 0.25) is 0 Å². The van der Waals surface area contributed by atoms with Gasteiger partial charge in [-0.05, 0) is 48.9 Å². The van der Waals surface area contributed by atoms with Gasteiger partial charge >= 0.3 is 6.18 Å². The molecule has 26 heavy (non-hydrogen) atoms. The highest BCUT2D eigenvalue weighted by Crippen LogP contribution is 2.39. The van der Waals surface area contributed by atoms with Crippen LogP contribution in [-0.4, -0.2) is 11.8 Å². The number of hydrogen-bond acceptors (Lipinski definition) is 3. The van der Waals surface area contributed by atoms with Crippen molar-refractivity contribution in [1.82, 2.24) is 0 Å². The molecule has 0 fully saturated rings. The summed E-state index contributed by atoms with van der Waals surface area (Å²) in [4.78, 5) is 25.3. The van der Waals surface area contributed by atoms with Crippen molar-refractivity contribution in [3.63, 3.8) is 0 Å². The fourth-order valence-electron chi connectivity index (χ4n) is 3.11. The van der Waals surface area contributed by atoms with Gasteiger partial charge in [-0.15, -0.1) is 11.3 Å². The van der Waals surface area contributed by atoms with E-state index in [-0.39, 0.29) is 11.1 Å². The Balaban J connectivity index is 1.92. The molecule has 1 aliphatic rings. The minimum absolute atomic E-state index is 0.130. The summed E-state index contributed by atoms with van der Waals surface area (Å²) in [5.74, 6) is -0.879. The first-order valence-corrected chi connectivity index (χ1v) is 8.91. The molecular formula is C18H17F3N2O2S. The molecule has 0 aliphatic heterocycles. The Morgan fingerprint density at radius 2 is 2.04 bits per heavy atom. The van der Waals surface area contributed by atoms with Crippen LogP contribution in [0.25, 0.3) is 0 Å². The first kappa shape index (κ1) is 18.4. The highest BCUT2D eigenvalue weighted by Gasteiger charge is 2.31. The van der Waals surface area contributed by atoms with E-state index in [1.54, 1.807) is 0 Å². The molecule has 3 rings (SSSR count). The van der Waals surface area contributed by atoms with Crippen LogP contribution in [-0.2, 0) is 19.0 Å². The Labute approximate surface area is 152 Å². The lowest BCUT2D eigenvalue weighted by atomic mass is 9.88. The van der Waals surface area contributed by atoms with Crippen LogP contribution in [0.3, 0.4) is 0 Å². The van der Waals surface area contributed by atoms with Gasteiger partial charge in [0.05, 0.1) is 11.1 Å². The number of carbonyl (C=O) groups excluding carboxylic acids is 2. The highest BCUT2D eigenvalue weighted by atomic mass is 32.1.